The highest BCUT2D eigenvalue weighted by Crippen LogP contribution is 2.29. The zero-order chi connectivity index (χ0) is 20.3. The molecule has 1 atom stereocenters. The number of amides is 3. The normalized spacial score (nSPS) is 20.5. The second-order valence-electron chi connectivity index (χ2n) is 8.01. The molecular formula is C21H30N4O3. The lowest BCUT2D eigenvalue weighted by Gasteiger charge is -2.33. The van der Waals surface area contributed by atoms with E-state index in [1.54, 1.807) is 20.3 Å². The molecular weight excluding hydrogens is 356 g/mol. The maximum absolute atomic E-state index is 12.8. The average molecular weight is 386 g/mol. The molecule has 1 aromatic heterocycles. The van der Waals surface area contributed by atoms with Gasteiger partial charge in [0.05, 0.1) is 11.5 Å². The monoisotopic (exact) mass is 386 g/mol. The van der Waals surface area contributed by atoms with Crippen LogP contribution >= 0.6 is 0 Å². The molecule has 0 spiro atoms. The quantitative estimate of drug-likeness (QED) is 0.773. The first-order chi connectivity index (χ1) is 13.4. The SMILES string of the molecule is CCCN1C[C@H](C(=O)N2CCC(c3ccc(C(=O)N(C)C)cn3)CC2)CC1=O. The molecule has 0 N–H and O–H groups in total. The molecule has 2 aliphatic heterocycles. The van der Waals surface area contributed by atoms with Gasteiger partial charge in [-0.25, -0.2) is 0 Å². The van der Waals surface area contributed by atoms with Gasteiger partial charge in [0.1, 0.15) is 0 Å². The molecule has 7 nitrogen and oxygen atoms in total. The fourth-order valence-electron chi connectivity index (χ4n) is 4.11. The minimum absolute atomic E-state index is 0.0531. The molecule has 2 fully saturated rings. The molecule has 3 amide bonds. The summed E-state index contributed by atoms with van der Waals surface area (Å²) >= 11 is 0. The fraction of sp³-hybridized carbons (Fsp3) is 0.619. The summed E-state index contributed by atoms with van der Waals surface area (Å²) < 4.78 is 0. The van der Waals surface area contributed by atoms with Crippen LogP contribution < -0.4 is 0 Å². The number of carbonyl (C=O) groups excluding carboxylic acids is 3. The van der Waals surface area contributed by atoms with Gasteiger partial charge in [-0.3, -0.25) is 19.4 Å². The molecule has 0 saturated carbocycles. The Bertz CT molecular complexity index is 724. The largest absolute Gasteiger partial charge is 0.345 e. The highest BCUT2D eigenvalue weighted by molar-refractivity contribution is 5.93. The van der Waals surface area contributed by atoms with E-state index >= 15 is 0 Å². The van der Waals surface area contributed by atoms with Crippen LogP contribution in [-0.4, -0.2) is 77.7 Å². The standard InChI is InChI=1S/C21H30N4O3/c1-4-9-25-14-17(12-19(25)26)21(28)24-10-7-15(8-11-24)18-6-5-16(13-22-18)20(27)23(2)3/h5-6,13,15,17H,4,7-12,14H2,1-3H3/t17-/m1/s1. The van der Waals surface area contributed by atoms with Crippen LogP contribution in [0, 0.1) is 5.92 Å². The molecule has 152 valence electrons. The van der Waals surface area contributed by atoms with Crippen LogP contribution in [0.1, 0.15) is 54.6 Å². The van der Waals surface area contributed by atoms with Gasteiger partial charge in [0.25, 0.3) is 5.91 Å². The van der Waals surface area contributed by atoms with E-state index in [9.17, 15) is 14.4 Å². The van der Waals surface area contributed by atoms with Crippen molar-refractivity contribution in [2.75, 3.05) is 40.3 Å². The molecule has 1 aromatic rings. The van der Waals surface area contributed by atoms with Crippen molar-refractivity contribution in [3.8, 4) is 0 Å². The van der Waals surface area contributed by atoms with Gasteiger partial charge in [0.2, 0.25) is 11.8 Å². The summed E-state index contributed by atoms with van der Waals surface area (Å²) in [4.78, 5) is 46.6. The summed E-state index contributed by atoms with van der Waals surface area (Å²) in [6.45, 7) is 4.74. The zero-order valence-corrected chi connectivity index (χ0v) is 17.1. The first-order valence-corrected chi connectivity index (χ1v) is 10.1. The molecule has 3 heterocycles. The van der Waals surface area contributed by atoms with Crippen molar-refractivity contribution in [1.82, 2.24) is 19.7 Å². The van der Waals surface area contributed by atoms with Crippen molar-refractivity contribution in [2.45, 2.75) is 38.5 Å². The van der Waals surface area contributed by atoms with Crippen LogP contribution in [0.4, 0.5) is 0 Å². The summed E-state index contributed by atoms with van der Waals surface area (Å²) in [5.74, 6) is 0.277. The van der Waals surface area contributed by atoms with Crippen molar-refractivity contribution in [3.63, 3.8) is 0 Å². The Morgan fingerprint density at radius 1 is 1.21 bits per heavy atom. The van der Waals surface area contributed by atoms with Gasteiger partial charge in [-0.1, -0.05) is 6.92 Å². The second kappa shape index (κ2) is 8.71. The van der Waals surface area contributed by atoms with Gasteiger partial charge in [0.15, 0.2) is 0 Å². The summed E-state index contributed by atoms with van der Waals surface area (Å²) in [6.07, 6.45) is 4.63. The average Bonchev–Trinajstić information content (AvgIpc) is 3.08. The molecule has 3 rings (SSSR count). The van der Waals surface area contributed by atoms with Gasteiger partial charge in [-0.05, 0) is 31.4 Å². The third kappa shape index (κ3) is 4.34. The highest BCUT2D eigenvalue weighted by atomic mass is 16.2. The van der Waals surface area contributed by atoms with Crippen LogP contribution in [0.3, 0.4) is 0 Å². The molecule has 0 aromatic carbocycles. The molecule has 0 radical (unpaired) electrons. The van der Waals surface area contributed by atoms with Crippen molar-refractivity contribution in [1.29, 1.82) is 0 Å². The summed E-state index contributed by atoms with van der Waals surface area (Å²) in [7, 11) is 3.45. The first kappa shape index (κ1) is 20.3. The highest BCUT2D eigenvalue weighted by Gasteiger charge is 2.37. The van der Waals surface area contributed by atoms with Gasteiger partial charge in [-0.15, -0.1) is 0 Å². The third-order valence-corrected chi connectivity index (χ3v) is 5.72. The van der Waals surface area contributed by atoms with Crippen LogP contribution in [0.5, 0.6) is 0 Å². The zero-order valence-electron chi connectivity index (χ0n) is 17.1. The molecule has 2 saturated heterocycles. The minimum Gasteiger partial charge on any atom is -0.345 e. The number of pyridine rings is 1. The lowest BCUT2D eigenvalue weighted by Crippen LogP contribution is -2.42. The van der Waals surface area contributed by atoms with Crippen molar-refractivity contribution >= 4 is 17.7 Å². The Hall–Kier alpha value is -2.44. The summed E-state index contributed by atoms with van der Waals surface area (Å²) in [5, 5.41) is 0. The number of likely N-dealkylation sites (tertiary alicyclic amines) is 2. The van der Waals surface area contributed by atoms with E-state index in [-0.39, 0.29) is 23.6 Å². The number of rotatable bonds is 5. The molecule has 0 bridgehead atoms. The maximum atomic E-state index is 12.8. The number of hydrogen-bond donors (Lipinski definition) is 0. The Morgan fingerprint density at radius 3 is 2.50 bits per heavy atom. The summed E-state index contributed by atoms with van der Waals surface area (Å²) in [5.41, 5.74) is 1.57. The Labute approximate surface area is 166 Å². The van der Waals surface area contributed by atoms with Crippen molar-refractivity contribution in [3.05, 3.63) is 29.6 Å². The second-order valence-corrected chi connectivity index (χ2v) is 8.01. The van der Waals surface area contributed by atoms with E-state index in [0.717, 1.165) is 31.5 Å². The van der Waals surface area contributed by atoms with Crippen LogP contribution in [-0.2, 0) is 9.59 Å². The van der Waals surface area contributed by atoms with E-state index in [4.69, 9.17) is 0 Å². The maximum Gasteiger partial charge on any atom is 0.254 e. The number of nitrogens with zero attached hydrogens (tertiary/aromatic N) is 4. The molecule has 0 aliphatic carbocycles. The number of carbonyl (C=O) groups is 3. The van der Waals surface area contributed by atoms with Crippen LogP contribution in [0.25, 0.3) is 0 Å². The number of piperidine rings is 1. The molecule has 2 aliphatic rings. The van der Waals surface area contributed by atoms with E-state index in [0.29, 0.717) is 37.5 Å². The van der Waals surface area contributed by atoms with Crippen LogP contribution in [0.2, 0.25) is 0 Å². The number of aromatic nitrogens is 1. The Morgan fingerprint density at radius 2 is 1.93 bits per heavy atom. The van der Waals surface area contributed by atoms with Gasteiger partial charge in [0, 0.05) is 64.5 Å². The summed E-state index contributed by atoms with van der Waals surface area (Å²) in [6, 6.07) is 3.76. The van der Waals surface area contributed by atoms with Crippen LogP contribution in [0.15, 0.2) is 18.3 Å². The smallest absolute Gasteiger partial charge is 0.254 e. The third-order valence-electron chi connectivity index (χ3n) is 5.72. The minimum atomic E-state index is -0.190. The topological polar surface area (TPSA) is 73.8 Å². The van der Waals surface area contributed by atoms with Gasteiger partial charge >= 0.3 is 0 Å². The van der Waals surface area contributed by atoms with E-state index in [2.05, 4.69) is 4.98 Å². The lowest BCUT2D eigenvalue weighted by molar-refractivity contribution is -0.136. The first-order valence-electron chi connectivity index (χ1n) is 10.1. The Kier molecular flexibility index (Phi) is 6.31. The van der Waals surface area contributed by atoms with E-state index in [1.165, 1.54) is 4.90 Å². The molecule has 0 unspecified atom stereocenters. The molecule has 7 heteroatoms. The van der Waals surface area contributed by atoms with Crippen molar-refractivity contribution < 1.29 is 14.4 Å². The molecule has 28 heavy (non-hydrogen) atoms. The van der Waals surface area contributed by atoms with E-state index in [1.807, 2.05) is 28.9 Å². The fourth-order valence-corrected chi connectivity index (χ4v) is 4.11. The lowest BCUT2D eigenvalue weighted by atomic mass is 9.92. The van der Waals surface area contributed by atoms with E-state index < -0.39 is 0 Å². The van der Waals surface area contributed by atoms with Gasteiger partial charge < -0.3 is 14.7 Å². The predicted octanol–water partition coefficient (Wildman–Crippen LogP) is 1.75. The number of hydrogen-bond acceptors (Lipinski definition) is 4. The predicted molar refractivity (Wildman–Crippen MR) is 106 cm³/mol. The Balaban J connectivity index is 1.54. The van der Waals surface area contributed by atoms with Gasteiger partial charge in [-0.2, -0.15) is 0 Å². The van der Waals surface area contributed by atoms with Crippen molar-refractivity contribution in [2.24, 2.45) is 5.92 Å².